The van der Waals surface area contributed by atoms with E-state index in [-0.39, 0.29) is 42.8 Å². The van der Waals surface area contributed by atoms with Gasteiger partial charge in [0.25, 0.3) is 10.0 Å². The van der Waals surface area contributed by atoms with Crippen molar-refractivity contribution in [3.63, 3.8) is 0 Å². The zero-order valence-corrected chi connectivity index (χ0v) is 19.0. The van der Waals surface area contributed by atoms with Crippen LogP contribution in [0.25, 0.3) is 0 Å². The molecule has 1 aliphatic rings. The number of piperazine rings is 1. The fourth-order valence-corrected chi connectivity index (χ4v) is 6.30. The number of carbonyl (C=O) groups excluding carboxylic acids is 1. The molecule has 1 amide bonds. The number of amides is 1. The van der Waals surface area contributed by atoms with Crippen LogP contribution in [0.1, 0.15) is 11.1 Å². The molecule has 0 saturated carbocycles. The zero-order chi connectivity index (χ0) is 22.8. The Bertz CT molecular complexity index is 1020. The van der Waals surface area contributed by atoms with Gasteiger partial charge in [0.15, 0.2) is 0 Å². The van der Waals surface area contributed by atoms with Crippen LogP contribution < -0.4 is 0 Å². The molecule has 2 heterocycles. The van der Waals surface area contributed by atoms with E-state index in [1.165, 1.54) is 28.6 Å². The SMILES string of the molecule is CN(CC(=O)N1CCN(S(=O)(=O)c2ccc(Cl)s2)CC1)Cc1ccc(C(F)(F)F)cc1. The summed E-state index contributed by atoms with van der Waals surface area (Å²) in [5.41, 5.74) is -0.0542. The van der Waals surface area contributed by atoms with Crippen LogP contribution >= 0.6 is 22.9 Å². The molecule has 0 spiro atoms. The van der Waals surface area contributed by atoms with E-state index in [0.717, 1.165) is 23.5 Å². The second-order valence-corrected chi connectivity index (χ2v) is 11.1. The van der Waals surface area contributed by atoms with Gasteiger partial charge in [-0.15, -0.1) is 11.3 Å². The van der Waals surface area contributed by atoms with Gasteiger partial charge in [0.1, 0.15) is 4.21 Å². The van der Waals surface area contributed by atoms with Gasteiger partial charge in [0.05, 0.1) is 16.4 Å². The Morgan fingerprint density at radius 3 is 2.23 bits per heavy atom. The summed E-state index contributed by atoms with van der Waals surface area (Å²) in [5.74, 6) is -0.161. The Balaban J connectivity index is 1.50. The minimum atomic E-state index is -4.38. The van der Waals surface area contributed by atoms with Crippen molar-refractivity contribution in [2.75, 3.05) is 39.8 Å². The summed E-state index contributed by atoms with van der Waals surface area (Å²) in [4.78, 5) is 15.9. The number of sulfonamides is 1. The lowest BCUT2D eigenvalue weighted by molar-refractivity contribution is -0.137. The Morgan fingerprint density at radius 2 is 1.71 bits per heavy atom. The molecule has 3 rings (SSSR count). The van der Waals surface area contributed by atoms with Crippen LogP contribution in [0.4, 0.5) is 13.2 Å². The predicted molar refractivity (Wildman–Crippen MR) is 112 cm³/mol. The average molecular weight is 496 g/mol. The number of rotatable bonds is 6. The molecule has 1 saturated heterocycles. The van der Waals surface area contributed by atoms with Gasteiger partial charge >= 0.3 is 6.18 Å². The fraction of sp³-hybridized carbons (Fsp3) is 0.421. The van der Waals surface area contributed by atoms with E-state index in [0.29, 0.717) is 16.4 Å². The molecule has 0 aliphatic carbocycles. The van der Waals surface area contributed by atoms with E-state index in [4.69, 9.17) is 11.6 Å². The van der Waals surface area contributed by atoms with Crippen molar-refractivity contribution in [3.05, 3.63) is 51.9 Å². The van der Waals surface area contributed by atoms with Gasteiger partial charge in [0, 0.05) is 32.7 Å². The van der Waals surface area contributed by atoms with Gasteiger partial charge < -0.3 is 4.90 Å². The minimum Gasteiger partial charge on any atom is -0.339 e. The molecule has 1 aromatic heterocycles. The molecule has 6 nitrogen and oxygen atoms in total. The summed E-state index contributed by atoms with van der Waals surface area (Å²) in [6, 6.07) is 7.83. The topological polar surface area (TPSA) is 60.9 Å². The zero-order valence-electron chi connectivity index (χ0n) is 16.6. The summed E-state index contributed by atoms with van der Waals surface area (Å²) < 4.78 is 65.1. The summed E-state index contributed by atoms with van der Waals surface area (Å²) in [6.07, 6.45) is -4.38. The van der Waals surface area contributed by atoms with Crippen molar-refractivity contribution in [1.29, 1.82) is 0 Å². The Morgan fingerprint density at radius 1 is 1.10 bits per heavy atom. The third kappa shape index (κ3) is 5.98. The number of hydrogen-bond donors (Lipinski definition) is 0. The Labute approximate surface area is 187 Å². The number of benzene rings is 1. The van der Waals surface area contributed by atoms with E-state index in [2.05, 4.69) is 0 Å². The van der Waals surface area contributed by atoms with Crippen LogP contribution in [0.3, 0.4) is 0 Å². The number of thiophene rings is 1. The van der Waals surface area contributed by atoms with Gasteiger partial charge in [-0.1, -0.05) is 23.7 Å². The Kier molecular flexibility index (Phi) is 7.32. The molecule has 170 valence electrons. The molecule has 0 unspecified atom stereocenters. The van der Waals surface area contributed by atoms with E-state index in [1.54, 1.807) is 16.8 Å². The molecule has 1 aliphatic heterocycles. The summed E-state index contributed by atoms with van der Waals surface area (Å²) in [5, 5.41) is 0. The summed E-state index contributed by atoms with van der Waals surface area (Å²) >= 11 is 6.83. The average Bonchev–Trinajstić information content (AvgIpc) is 3.15. The van der Waals surface area contributed by atoms with Crippen LogP contribution in [0, 0.1) is 0 Å². The monoisotopic (exact) mass is 495 g/mol. The fourth-order valence-electron chi connectivity index (χ4n) is 3.24. The lowest BCUT2D eigenvalue weighted by Crippen LogP contribution is -2.52. The number of carbonyl (C=O) groups is 1. The van der Waals surface area contributed by atoms with Gasteiger partial charge in [-0.05, 0) is 36.9 Å². The first-order valence-electron chi connectivity index (χ1n) is 9.35. The van der Waals surface area contributed by atoms with Crippen molar-refractivity contribution >= 4 is 38.9 Å². The lowest BCUT2D eigenvalue weighted by atomic mass is 10.1. The molecule has 2 aromatic rings. The first-order chi connectivity index (χ1) is 14.5. The van der Waals surface area contributed by atoms with E-state index in [1.807, 2.05) is 0 Å². The van der Waals surface area contributed by atoms with Crippen molar-refractivity contribution in [3.8, 4) is 0 Å². The smallest absolute Gasteiger partial charge is 0.339 e. The standard InChI is InChI=1S/C19H21ClF3N3O3S2/c1-24(12-14-2-4-15(5-3-14)19(21,22)23)13-17(27)25-8-10-26(11-9-25)31(28,29)18-7-6-16(20)30-18/h2-7H,8-13H2,1H3. The van der Waals surface area contributed by atoms with Crippen LogP contribution in [0.5, 0.6) is 0 Å². The second kappa shape index (κ2) is 9.45. The highest BCUT2D eigenvalue weighted by molar-refractivity contribution is 7.91. The molecule has 0 atom stereocenters. The number of hydrogen-bond acceptors (Lipinski definition) is 5. The number of likely N-dealkylation sites (N-methyl/N-ethyl adjacent to an activating group) is 1. The summed E-state index contributed by atoms with van der Waals surface area (Å²) in [7, 11) is -1.92. The predicted octanol–water partition coefficient (Wildman–Crippen LogP) is 3.39. The number of alkyl halides is 3. The maximum Gasteiger partial charge on any atom is 0.416 e. The van der Waals surface area contributed by atoms with Crippen LogP contribution in [0.15, 0.2) is 40.6 Å². The van der Waals surface area contributed by atoms with Gasteiger partial charge in [0.2, 0.25) is 5.91 Å². The van der Waals surface area contributed by atoms with Gasteiger partial charge in [-0.2, -0.15) is 17.5 Å². The van der Waals surface area contributed by atoms with Crippen LogP contribution in [-0.2, 0) is 27.5 Å². The molecule has 31 heavy (non-hydrogen) atoms. The van der Waals surface area contributed by atoms with E-state index in [9.17, 15) is 26.4 Å². The molecule has 1 aromatic carbocycles. The highest BCUT2D eigenvalue weighted by atomic mass is 35.5. The van der Waals surface area contributed by atoms with Crippen molar-refractivity contribution < 1.29 is 26.4 Å². The second-order valence-electron chi connectivity index (χ2n) is 7.21. The highest BCUT2D eigenvalue weighted by Gasteiger charge is 2.32. The third-order valence-electron chi connectivity index (χ3n) is 4.87. The summed E-state index contributed by atoms with van der Waals surface area (Å²) in [6.45, 7) is 1.31. The molecule has 0 radical (unpaired) electrons. The normalized spacial score (nSPS) is 16.1. The van der Waals surface area contributed by atoms with Crippen molar-refractivity contribution in [2.45, 2.75) is 16.9 Å². The molecule has 0 N–H and O–H groups in total. The van der Waals surface area contributed by atoms with Gasteiger partial charge in [-0.25, -0.2) is 8.42 Å². The highest BCUT2D eigenvalue weighted by Crippen LogP contribution is 2.30. The van der Waals surface area contributed by atoms with Crippen molar-refractivity contribution in [2.24, 2.45) is 0 Å². The molecule has 0 bridgehead atoms. The maximum atomic E-state index is 12.7. The first-order valence-corrected chi connectivity index (χ1v) is 12.0. The van der Waals surface area contributed by atoms with Crippen LogP contribution in [-0.4, -0.2) is 68.2 Å². The van der Waals surface area contributed by atoms with Gasteiger partial charge in [-0.3, -0.25) is 9.69 Å². The largest absolute Gasteiger partial charge is 0.416 e. The molecule has 12 heteroatoms. The Hall–Kier alpha value is -1.66. The molecule has 1 fully saturated rings. The van der Waals surface area contributed by atoms with Crippen LogP contribution in [0.2, 0.25) is 4.34 Å². The van der Waals surface area contributed by atoms with E-state index >= 15 is 0 Å². The minimum absolute atomic E-state index is 0.0777. The number of nitrogens with zero attached hydrogens (tertiary/aromatic N) is 3. The molecular formula is C19H21ClF3N3O3S2. The quantitative estimate of drug-likeness (QED) is 0.616. The maximum absolute atomic E-state index is 12.7. The molecular weight excluding hydrogens is 475 g/mol. The third-order valence-corrected chi connectivity index (χ3v) is 8.47. The van der Waals surface area contributed by atoms with Crippen molar-refractivity contribution in [1.82, 2.24) is 14.1 Å². The lowest BCUT2D eigenvalue weighted by Gasteiger charge is -2.34. The van der Waals surface area contributed by atoms with E-state index < -0.39 is 21.8 Å². The number of halogens is 4. The first kappa shape index (κ1) is 24.0.